The molecule has 1 heterocycles. The van der Waals surface area contributed by atoms with Gasteiger partial charge < -0.3 is 19.1 Å². The summed E-state index contributed by atoms with van der Waals surface area (Å²) in [4.78, 5) is 14.8. The van der Waals surface area contributed by atoms with Crippen LogP contribution in [0, 0.1) is 10.5 Å². The van der Waals surface area contributed by atoms with Crippen LogP contribution in [0.1, 0.15) is 27.9 Å². The van der Waals surface area contributed by atoms with Crippen molar-refractivity contribution < 1.29 is 19.0 Å². The summed E-state index contributed by atoms with van der Waals surface area (Å²) < 4.78 is 17.5. The minimum atomic E-state index is 0.0667. The molecule has 0 spiro atoms. The largest absolute Gasteiger partial charge is 0.496 e. The molecule has 0 saturated heterocycles. The van der Waals surface area contributed by atoms with Crippen LogP contribution in [0.4, 0.5) is 0 Å². The summed E-state index contributed by atoms with van der Waals surface area (Å²) in [6.45, 7) is 3.22. The molecule has 2 aromatic carbocycles. The number of benzene rings is 2. The van der Waals surface area contributed by atoms with E-state index < -0.39 is 0 Å². The highest BCUT2D eigenvalue weighted by Gasteiger charge is 2.24. The summed E-state index contributed by atoms with van der Waals surface area (Å²) in [5.74, 6) is 2.16. The minimum Gasteiger partial charge on any atom is -0.496 e. The van der Waals surface area contributed by atoms with Crippen LogP contribution in [0.3, 0.4) is 0 Å². The van der Waals surface area contributed by atoms with E-state index >= 15 is 0 Å². The van der Waals surface area contributed by atoms with Crippen LogP contribution < -0.4 is 14.2 Å². The van der Waals surface area contributed by atoms with Gasteiger partial charge in [0.15, 0.2) is 0 Å². The Labute approximate surface area is 179 Å². The number of hydrogen-bond donors (Lipinski definition) is 0. The van der Waals surface area contributed by atoms with Crippen LogP contribution in [0.5, 0.6) is 17.2 Å². The molecule has 0 bridgehead atoms. The van der Waals surface area contributed by atoms with Crippen LogP contribution in [0.2, 0.25) is 0 Å². The van der Waals surface area contributed by atoms with Crippen molar-refractivity contribution in [3.8, 4) is 17.2 Å². The number of carbonyl (C=O) groups excluding carboxylic acids is 1. The topological polar surface area (TPSA) is 48.0 Å². The summed E-state index contributed by atoms with van der Waals surface area (Å²) >= 11 is 2.25. The third-order valence-corrected chi connectivity index (χ3v) is 6.39. The molecule has 148 valence electrons. The standard InChI is InChI=1S/C22H24INO4/c1-14-6-5-7-17(21(14)23)22(25)24-10-8-15(9-11-24)20-18(27-3)12-16(26-2)13-19(20)28-4/h5-8,12-13H,9-11H2,1-4H3. The third-order valence-electron chi connectivity index (χ3n) is 4.95. The van der Waals surface area contributed by atoms with E-state index in [2.05, 4.69) is 28.7 Å². The van der Waals surface area contributed by atoms with Gasteiger partial charge in [0, 0.05) is 28.8 Å². The first kappa shape index (κ1) is 20.5. The van der Waals surface area contributed by atoms with E-state index in [1.165, 1.54) is 0 Å². The Morgan fingerprint density at radius 1 is 1.07 bits per heavy atom. The van der Waals surface area contributed by atoms with Gasteiger partial charge in [0.05, 0.1) is 32.5 Å². The first-order valence-electron chi connectivity index (χ1n) is 9.04. The number of aryl methyl sites for hydroxylation is 1. The number of amides is 1. The van der Waals surface area contributed by atoms with E-state index in [0.717, 1.165) is 32.3 Å². The van der Waals surface area contributed by atoms with Gasteiger partial charge in [-0.3, -0.25) is 4.79 Å². The molecule has 28 heavy (non-hydrogen) atoms. The van der Waals surface area contributed by atoms with Gasteiger partial charge in [0.25, 0.3) is 5.91 Å². The molecule has 0 saturated carbocycles. The molecule has 1 aliphatic heterocycles. The van der Waals surface area contributed by atoms with Crippen molar-refractivity contribution in [1.82, 2.24) is 4.90 Å². The second-order valence-electron chi connectivity index (χ2n) is 6.57. The molecule has 0 fully saturated rings. The number of carbonyl (C=O) groups is 1. The fourth-order valence-electron chi connectivity index (χ4n) is 3.39. The van der Waals surface area contributed by atoms with Gasteiger partial charge in [-0.25, -0.2) is 0 Å². The van der Waals surface area contributed by atoms with E-state index in [4.69, 9.17) is 14.2 Å². The maximum atomic E-state index is 13.0. The number of methoxy groups -OCH3 is 3. The smallest absolute Gasteiger partial charge is 0.255 e. The molecule has 0 radical (unpaired) electrons. The zero-order valence-electron chi connectivity index (χ0n) is 16.5. The summed E-state index contributed by atoms with van der Waals surface area (Å²) in [7, 11) is 4.89. The van der Waals surface area contributed by atoms with Gasteiger partial charge in [0.1, 0.15) is 17.2 Å². The fraction of sp³-hybridized carbons (Fsp3) is 0.318. The average molecular weight is 493 g/mol. The first-order chi connectivity index (χ1) is 13.5. The average Bonchev–Trinajstić information content (AvgIpc) is 2.74. The predicted molar refractivity (Wildman–Crippen MR) is 118 cm³/mol. The number of ether oxygens (including phenoxy) is 3. The van der Waals surface area contributed by atoms with Crippen LogP contribution in [-0.4, -0.2) is 45.2 Å². The number of nitrogens with zero attached hydrogens (tertiary/aromatic N) is 1. The Morgan fingerprint density at radius 2 is 1.75 bits per heavy atom. The summed E-state index contributed by atoms with van der Waals surface area (Å²) in [5.41, 5.74) is 3.91. The SMILES string of the molecule is COc1cc(OC)c(C2=CCN(C(=O)c3cccc(C)c3I)CC2)c(OC)c1. The second kappa shape index (κ2) is 8.86. The monoisotopic (exact) mass is 493 g/mol. The van der Waals surface area contributed by atoms with Crippen LogP contribution >= 0.6 is 22.6 Å². The van der Waals surface area contributed by atoms with Crippen molar-refractivity contribution in [3.63, 3.8) is 0 Å². The van der Waals surface area contributed by atoms with Crippen LogP contribution in [0.15, 0.2) is 36.4 Å². The maximum Gasteiger partial charge on any atom is 0.255 e. The maximum absolute atomic E-state index is 13.0. The van der Waals surface area contributed by atoms with Gasteiger partial charge in [0.2, 0.25) is 0 Å². The Balaban J connectivity index is 1.88. The molecule has 1 amide bonds. The molecular weight excluding hydrogens is 469 g/mol. The Kier molecular flexibility index (Phi) is 6.49. The van der Waals surface area contributed by atoms with Gasteiger partial charge >= 0.3 is 0 Å². The highest BCUT2D eigenvalue weighted by atomic mass is 127. The van der Waals surface area contributed by atoms with E-state index in [1.807, 2.05) is 42.2 Å². The molecule has 0 unspecified atom stereocenters. The molecule has 0 N–H and O–H groups in total. The van der Waals surface area contributed by atoms with E-state index in [1.54, 1.807) is 21.3 Å². The lowest BCUT2D eigenvalue weighted by molar-refractivity contribution is 0.0771. The minimum absolute atomic E-state index is 0.0667. The lowest BCUT2D eigenvalue weighted by Crippen LogP contribution is -2.35. The van der Waals surface area contributed by atoms with Gasteiger partial charge in [-0.05, 0) is 53.1 Å². The Morgan fingerprint density at radius 3 is 2.29 bits per heavy atom. The Bertz CT molecular complexity index is 898. The number of rotatable bonds is 5. The van der Waals surface area contributed by atoms with Gasteiger partial charge in [-0.2, -0.15) is 0 Å². The lowest BCUT2D eigenvalue weighted by Gasteiger charge is -2.28. The molecule has 2 aromatic rings. The third kappa shape index (κ3) is 3.97. The zero-order chi connectivity index (χ0) is 20.3. The Hall–Kier alpha value is -2.22. The lowest BCUT2D eigenvalue weighted by atomic mass is 9.96. The van der Waals surface area contributed by atoms with E-state index in [9.17, 15) is 4.79 Å². The summed E-state index contributed by atoms with van der Waals surface area (Å²) in [6.07, 6.45) is 2.81. The van der Waals surface area contributed by atoms with Crippen LogP contribution in [-0.2, 0) is 0 Å². The second-order valence-corrected chi connectivity index (χ2v) is 7.65. The van der Waals surface area contributed by atoms with Crippen molar-refractivity contribution in [2.45, 2.75) is 13.3 Å². The number of hydrogen-bond acceptors (Lipinski definition) is 4. The zero-order valence-corrected chi connectivity index (χ0v) is 18.7. The summed E-state index contributed by atoms with van der Waals surface area (Å²) in [6, 6.07) is 9.56. The van der Waals surface area contributed by atoms with E-state index in [-0.39, 0.29) is 5.91 Å². The van der Waals surface area contributed by atoms with Crippen LogP contribution in [0.25, 0.3) is 5.57 Å². The molecule has 3 rings (SSSR count). The number of halogens is 1. The fourth-order valence-corrected chi connectivity index (χ4v) is 3.98. The van der Waals surface area contributed by atoms with Gasteiger partial charge in [-0.1, -0.05) is 18.2 Å². The molecule has 6 heteroatoms. The van der Waals surface area contributed by atoms with Crippen molar-refractivity contribution in [2.24, 2.45) is 0 Å². The molecule has 0 aliphatic carbocycles. The quantitative estimate of drug-likeness (QED) is 0.574. The van der Waals surface area contributed by atoms with Crippen molar-refractivity contribution in [3.05, 3.63) is 56.7 Å². The molecule has 1 aliphatic rings. The van der Waals surface area contributed by atoms with Crippen molar-refractivity contribution in [2.75, 3.05) is 34.4 Å². The predicted octanol–water partition coefficient (Wildman–Crippen LogP) is 4.55. The normalized spacial score (nSPS) is 13.8. The highest BCUT2D eigenvalue weighted by Crippen LogP contribution is 2.41. The first-order valence-corrected chi connectivity index (χ1v) is 10.1. The summed E-state index contributed by atoms with van der Waals surface area (Å²) in [5, 5.41) is 0. The van der Waals surface area contributed by atoms with Gasteiger partial charge in [-0.15, -0.1) is 0 Å². The van der Waals surface area contributed by atoms with E-state index in [0.29, 0.717) is 30.3 Å². The van der Waals surface area contributed by atoms with Crippen molar-refractivity contribution >= 4 is 34.1 Å². The molecular formula is C22H24INO4. The molecule has 5 nitrogen and oxygen atoms in total. The highest BCUT2D eigenvalue weighted by molar-refractivity contribution is 14.1. The molecule has 0 aromatic heterocycles. The van der Waals surface area contributed by atoms with Crippen molar-refractivity contribution in [1.29, 1.82) is 0 Å². The molecule has 0 atom stereocenters.